The molecule has 0 aromatic heterocycles. The summed E-state index contributed by atoms with van der Waals surface area (Å²) < 4.78 is 27.2. The summed E-state index contributed by atoms with van der Waals surface area (Å²) in [5.41, 5.74) is 0.958. The first-order valence-electron chi connectivity index (χ1n) is 9.03. The van der Waals surface area contributed by atoms with Crippen LogP contribution in [0.15, 0.2) is 59.5 Å². The van der Waals surface area contributed by atoms with Gasteiger partial charge < -0.3 is 10.2 Å². The van der Waals surface area contributed by atoms with E-state index < -0.39 is 10.0 Å². The fraction of sp³-hybridized carbons (Fsp3) is 0.350. The van der Waals surface area contributed by atoms with Crippen LogP contribution >= 0.6 is 0 Å². The zero-order chi connectivity index (χ0) is 19.4. The Bertz CT molecular complexity index is 894. The molecule has 0 aliphatic carbocycles. The van der Waals surface area contributed by atoms with Gasteiger partial charge in [-0.2, -0.15) is 0 Å². The van der Waals surface area contributed by atoms with Gasteiger partial charge in [-0.15, -0.1) is 0 Å². The molecule has 3 rings (SSSR count). The standard InChI is InChI=1S/C20H25N3O3S/c1-22(17-11-13-21-14-12-17)20(24)16-7-6-10-19(15-16)27(25,26)23(2)18-8-4-3-5-9-18/h3-10,15,17,21H,11-14H2,1-2H3. The number of nitrogens with one attached hydrogen (secondary N) is 1. The average molecular weight is 388 g/mol. The normalized spacial score (nSPS) is 15.3. The van der Waals surface area contributed by atoms with Crippen molar-refractivity contribution in [3.05, 3.63) is 60.2 Å². The number of amides is 1. The summed E-state index contributed by atoms with van der Waals surface area (Å²) in [6.45, 7) is 1.77. The molecule has 6 nitrogen and oxygen atoms in total. The van der Waals surface area contributed by atoms with E-state index in [1.165, 1.54) is 23.5 Å². The number of sulfonamides is 1. The Hall–Kier alpha value is -2.38. The number of anilines is 1. The van der Waals surface area contributed by atoms with Crippen LogP contribution < -0.4 is 9.62 Å². The third-order valence-corrected chi connectivity index (χ3v) is 6.82. The molecule has 1 N–H and O–H groups in total. The highest BCUT2D eigenvalue weighted by Crippen LogP contribution is 2.23. The molecule has 1 heterocycles. The van der Waals surface area contributed by atoms with Gasteiger partial charge in [-0.3, -0.25) is 9.10 Å². The second kappa shape index (κ2) is 8.10. The maximum atomic E-state index is 13.0. The number of benzene rings is 2. The van der Waals surface area contributed by atoms with E-state index in [-0.39, 0.29) is 16.8 Å². The Morgan fingerprint density at radius 1 is 1.00 bits per heavy atom. The van der Waals surface area contributed by atoms with Gasteiger partial charge in [0.15, 0.2) is 0 Å². The molecule has 1 fully saturated rings. The molecule has 0 unspecified atom stereocenters. The number of nitrogens with zero attached hydrogens (tertiary/aromatic N) is 2. The lowest BCUT2D eigenvalue weighted by atomic mass is 10.0. The van der Waals surface area contributed by atoms with E-state index in [2.05, 4.69) is 5.32 Å². The largest absolute Gasteiger partial charge is 0.339 e. The Balaban J connectivity index is 1.85. The molecule has 2 aromatic carbocycles. The fourth-order valence-corrected chi connectivity index (χ4v) is 4.53. The first kappa shape index (κ1) is 19.4. The maximum Gasteiger partial charge on any atom is 0.264 e. The predicted molar refractivity (Wildman–Crippen MR) is 106 cm³/mol. The van der Waals surface area contributed by atoms with Gasteiger partial charge in [0.2, 0.25) is 0 Å². The number of carbonyl (C=O) groups excluding carboxylic acids is 1. The highest BCUT2D eigenvalue weighted by Gasteiger charge is 2.26. The minimum Gasteiger partial charge on any atom is -0.339 e. The highest BCUT2D eigenvalue weighted by molar-refractivity contribution is 7.92. The third-order valence-electron chi connectivity index (χ3n) is 5.04. The van der Waals surface area contributed by atoms with E-state index in [0.29, 0.717) is 11.3 Å². The van der Waals surface area contributed by atoms with Crippen LogP contribution in [0.4, 0.5) is 5.69 Å². The van der Waals surface area contributed by atoms with E-state index >= 15 is 0 Å². The minimum atomic E-state index is -3.75. The fourth-order valence-electron chi connectivity index (χ4n) is 3.29. The van der Waals surface area contributed by atoms with Crippen molar-refractivity contribution in [1.82, 2.24) is 10.2 Å². The first-order valence-corrected chi connectivity index (χ1v) is 10.5. The summed E-state index contributed by atoms with van der Waals surface area (Å²) in [7, 11) is -0.445. The second-order valence-electron chi connectivity index (χ2n) is 6.73. The van der Waals surface area contributed by atoms with Gasteiger partial charge in [0.25, 0.3) is 15.9 Å². The molecule has 1 amide bonds. The van der Waals surface area contributed by atoms with Gasteiger partial charge in [0, 0.05) is 25.7 Å². The van der Waals surface area contributed by atoms with Crippen molar-refractivity contribution in [2.24, 2.45) is 0 Å². The predicted octanol–water partition coefficient (Wildman–Crippen LogP) is 2.34. The SMILES string of the molecule is CN(C(=O)c1cccc(S(=O)(=O)N(C)c2ccccc2)c1)C1CCNCC1. The van der Waals surface area contributed by atoms with Gasteiger partial charge in [-0.1, -0.05) is 24.3 Å². The molecule has 0 saturated carbocycles. The first-order chi connectivity index (χ1) is 12.9. The molecular formula is C20H25N3O3S. The molecule has 1 saturated heterocycles. The van der Waals surface area contributed by atoms with E-state index in [1.54, 1.807) is 48.3 Å². The quantitative estimate of drug-likeness (QED) is 0.855. The third kappa shape index (κ3) is 4.14. The monoisotopic (exact) mass is 387 g/mol. The Labute approximate surface area is 160 Å². The van der Waals surface area contributed by atoms with E-state index in [1.807, 2.05) is 6.07 Å². The van der Waals surface area contributed by atoms with Crippen molar-refractivity contribution in [3.8, 4) is 0 Å². The topological polar surface area (TPSA) is 69.7 Å². The van der Waals surface area contributed by atoms with Crippen LogP contribution in [0, 0.1) is 0 Å². The smallest absolute Gasteiger partial charge is 0.264 e. The van der Waals surface area contributed by atoms with E-state index in [0.717, 1.165) is 25.9 Å². The highest BCUT2D eigenvalue weighted by atomic mass is 32.2. The molecular weight excluding hydrogens is 362 g/mol. The maximum absolute atomic E-state index is 13.0. The molecule has 27 heavy (non-hydrogen) atoms. The van der Waals surface area contributed by atoms with Gasteiger partial charge >= 0.3 is 0 Å². The summed E-state index contributed by atoms with van der Waals surface area (Å²) in [5, 5.41) is 3.28. The molecule has 144 valence electrons. The Kier molecular flexibility index (Phi) is 5.82. The number of hydrogen-bond donors (Lipinski definition) is 1. The second-order valence-corrected chi connectivity index (χ2v) is 8.70. The van der Waals surface area contributed by atoms with Crippen LogP contribution in [0.2, 0.25) is 0 Å². The molecule has 1 aliphatic heterocycles. The lowest BCUT2D eigenvalue weighted by Gasteiger charge is -2.31. The minimum absolute atomic E-state index is 0.110. The summed E-state index contributed by atoms with van der Waals surface area (Å²) in [6, 6.07) is 15.3. The average Bonchev–Trinajstić information content (AvgIpc) is 2.73. The van der Waals surface area contributed by atoms with Gasteiger partial charge in [-0.25, -0.2) is 8.42 Å². The number of piperidine rings is 1. The van der Waals surface area contributed by atoms with Gasteiger partial charge in [0.1, 0.15) is 0 Å². The van der Waals surface area contributed by atoms with Crippen LogP contribution in [0.5, 0.6) is 0 Å². The van der Waals surface area contributed by atoms with Crippen LogP contribution in [0.25, 0.3) is 0 Å². The van der Waals surface area contributed by atoms with Crippen LogP contribution in [-0.2, 0) is 10.0 Å². The molecule has 0 atom stereocenters. The van der Waals surface area contributed by atoms with Crippen molar-refractivity contribution in [1.29, 1.82) is 0 Å². The molecule has 2 aromatic rings. The number of hydrogen-bond acceptors (Lipinski definition) is 4. The lowest BCUT2D eigenvalue weighted by Crippen LogP contribution is -2.44. The van der Waals surface area contributed by atoms with Crippen molar-refractivity contribution in [2.45, 2.75) is 23.8 Å². The van der Waals surface area contributed by atoms with Crippen LogP contribution in [0.3, 0.4) is 0 Å². The lowest BCUT2D eigenvalue weighted by molar-refractivity contribution is 0.0703. The van der Waals surface area contributed by atoms with E-state index in [9.17, 15) is 13.2 Å². The Morgan fingerprint density at radius 3 is 2.33 bits per heavy atom. The van der Waals surface area contributed by atoms with Crippen molar-refractivity contribution in [3.63, 3.8) is 0 Å². The van der Waals surface area contributed by atoms with E-state index in [4.69, 9.17) is 0 Å². The Morgan fingerprint density at radius 2 is 1.67 bits per heavy atom. The molecule has 0 radical (unpaired) electrons. The summed E-state index contributed by atoms with van der Waals surface area (Å²) >= 11 is 0. The van der Waals surface area contributed by atoms with Gasteiger partial charge in [0.05, 0.1) is 10.6 Å². The molecule has 7 heteroatoms. The summed E-state index contributed by atoms with van der Waals surface area (Å²) in [6.07, 6.45) is 1.80. The van der Waals surface area contributed by atoms with Crippen LogP contribution in [-0.4, -0.2) is 52.5 Å². The van der Waals surface area contributed by atoms with Crippen molar-refractivity contribution in [2.75, 3.05) is 31.5 Å². The molecule has 0 spiro atoms. The summed E-state index contributed by atoms with van der Waals surface area (Å²) in [5.74, 6) is -0.152. The van der Waals surface area contributed by atoms with Crippen molar-refractivity contribution >= 4 is 21.6 Å². The zero-order valence-electron chi connectivity index (χ0n) is 15.6. The van der Waals surface area contributed by atoms with Gasteiger partial charge in [-0.05, 0) is 56.3 Å². The number of rotatable bonds is 5. The molecule has 1 aliphatic rings. The summed E-state index contributed by atoms with van der Waals surface area (Å²) in [4.78, 5) is 14.7. The number of para-hydroxylation sites is 1. The molecule has 0 bridgehead atoms. The number of carbonyl (C=O) groups is 1. The van der Waals surface area contributed by atoms with Crippen LogP contribution in [0.1, 0.15) is 23.2 Å². The van der Waals surface area contributed by atoms with Crippen molar-refractivity contribution < 1.29 is 13.2 Å². The zero-order valence-corrected chi connectivity index (χ0v) is 16.4.